The van der Waals surface area contributed by atoms with Gasteiger partial charge in [-0.05, 0) is 39.7 Å². The van der Waals surface area contributed by atoms with Gasteiger partial charge in [-0.25, -0.2) is 0 Å². The van der Waals surface area contributed by atoms with Crippen LogP contribution in [0.3, 0.4) is 0 Å². The molecular formula is C14H10BrClN2. The second-order valence-corrected chi connectivity index (χ2v) is 5.46. The van der Waals surface area contributed by atoms with E-state index in [1.807, 2.05) is 18.3 Å². The Labute approximate surface area is 118 Å². The van der Waals surface area contributed by atoms with E-state index < -0.39 is 0 Å². The van der Waals surface area contributed by atoms with Gasteiger partial charge in [-0.3, -0.25) is 4.98 Å². The number of fused-ring (bicyclic) bond motifs is 1. The molecule has 0 fully saturated rings. The van der Waals surface area contributed by atoms with Crippen LogP contribution in [-0.2, 0) is 6.54 Å². The van der Waals surface area contributed by atoms with Gasteiger partial charge >= 0.3 is 0 Å². The minimum atomic E-state index is 0.764. The summed E-state index contributed by atoms with van der Waals surface area (Å²) in [6, 6.07) is 10.1. The Hall–Kier alpha value is -1.32. The van der Waals surface area contributed by atoms with Crippen molar-refractivity contribution in [3.8, 4) is 0 Å². The van der Waals surface area contributed by atoms with Crippen LogP contribution in [-0.4, -0.2) is 9.55 Å². The van der Waals surface area contributed by atoms with Crippen molar-refractivity contribution in [2.24, 2.45) is 0 Å². The molecule has 2 nitrogen and oxygen atoms in total. The largest absolute Gasteiger partial charge is 0.342 e. The zero-order valence-corrected chi connectivity index (χ0v) is 11.8. The minimum Gasteiger partial charge on any atom is -0.342 e. The number of nitrogens with zero attached hydrogens (tertiary/aromatic N) is 2. The SMILES string of the molecule is Clc1cccc2ccn(Cc3cncc(Br)c3)c12. The zero-order valence-electron chi connectivity index (χ0n) is 9.48. The van der Waals surface area contributed by atoms with E-state index in [1.54, 1.807) is 6.20 Å². The van der Waals surface area contributed by atoms with Gasteiger partial charge in [0.05, 0.1) is 10.5 Å². The lowest BCUT2D eigenvalue weighted by molar-refractivity contribution is 0.831. The molecule has 4 heteroatoms. The van der Waals surface area contributed by atoms with Crippen molar-refractivity contribution in [3.05, 3.63) is 64.0 Å². The molecule has 0 saturated carbocycles. The first-order valence-corrected chi connectivity index (χ1v) is 6.74. The second-order valence-electron chi connectivity index (χ2n) is 4.13. The monoisotopic (exact) mass is 320 g/mol. The predicted octanol–water partition coefficient (Wildman–Crippen LogP) is 4.50. The average Bonchev–Trinajstić information content (AvgIpc) is 2.74. The summed E-state index contributed by atoms with van der Waals surface area (Å²) in [6.07, 6.45) is 5.70. The van der Waals surface area contributed by atoms with E-state index in [4.69, 9.17) is 11.6 Å². The molecule has 3 rings (SSSR count). The van der Waals surface area contributed by atoms with Gasteiger partial charge in [0.25, 0.3) is 0 Å². The van der Waals surface area contributed by atoms with Gasteiger partial charge in [0.2, 0.25) is 0 Å². The fraction of sp³-hybridized carbons (Fsp3) is 0.0714. The van der Waals surface area contributed by atoms with Crippen LogP contribution in [0.2, 0.25) is 5.02 Å². The van der Waals surface area contributed by atoms with Crippen LogP contribution >= 0.6 is 27.5 Å². The zero-order chi connectivity index (χ0) is 12.5. The minimum absolute atomic E-state index is 0.764. The highest BCUT2D eigenvalue weighted by atomic mass is 79.9. The van der Waals surface area contributed by atoms with Gasteiger partial charge in [0.1, 0.15) is 0 Å². The third kappa shape index (κ3) is 2.16. The number of hydrogen-bond donors (Lipinski definition) is 0. The van der Waals surface area contributed by atoms with E-state index in [-0.39, 0.29) is 0 Å². The highest BCUT2D eigenvalue weighted by Crippen LogP contribution is 2.25. The maximum atomic E-state index is 6.26. The first kappa shape index (κ1) is 11.8. The van der Waals surface area contributed by atoms with Gasteiger partial charge in [0, 0.05) is 35.0 Å². The Bertz CT molecular complexity index is 706. The van der Waals surface area contributed by atoms with E-state index in [0.29, 0.717) is 0 Å². The lowest BCUT2D eigenvalue weighted by Gasteiger charge is -2.07. The van der Waals surface area contributed by atoms with Crippen molar-refractivity contribution < 1.29 is 0 Å². The molecule has 0 radical (unpaired) electrons. The first-order valence-electron chi connectivity index (χ1n) is 5.57. The van der Waals surface area contributed by atoms with Crippen LogP contribution in [0, 0.1) is 0 Å². The van der Waals surface area contributed by atoms with E-state index in [1.165, 1.54) is 0 Å². The van der Waals surface area contributed by atoms with E-state index in [9.17, 15) is 0 Å². The van der Waals surface area contributed by atoms with Crippen molar-refractivity contribution in [3.63, 3.8) is 0 Å². The molecule has 3 aromatic rings. The smallest absolute Gasteiger partial charge is 0.0672 e. The number of pyridine rings is 1. The Balaban J connectivity index is 2.05. The highest BCUT2D eigenvalue weighted by molar-refractivity contribution is 9.10. The molecule has 0 amide bonds. The van der Waals surface area contributed by atoms with Crippen molar-refractivity contribution in [2.75, 3.05) is 0 Å². The van der Waals surface area contributed by atoms with E-state index in [2.05, 4.69) is 49.9 Å². The van der Waals surface area contributed by atoms with Crippen LogP contribution in [0.5, 0.6) is 0 Å². The molecule has 0 aliphatic rings. The number of aromatic nitrogens is 2. The predicted molar refractivity (Wildman–Crippen MR) is 78.0 cm³/mol. The van der Waals surface area contributed by atoms with Crippen LogP contribution in [0.15, 0.2) is 53.4 Å². The summed E-state index contributed by atoms with van der Waals surface area (Å²) in [7, 11) is 0. The molecule has 2 aromatic heterocycles. The van der Waals surface area contributed by atoms with Crippen LogP contribution in [0.25, 0.3) is 10.9 Å². The van der Waals surface area contributed by atoms with E-state index in [0.717, 1.165) is 32.5 Å². The fourth-order valence-electron chi connectivity index (χ4n) is 2.09. The van der Waals surface area contributed by atoms with Gasteiger partial charge in [-0.2, -0.15) is 0 Å². The molecule has 2 heterocycles. The summed E-state index contributed by atoms with van der Waals surface area (Å²) in [4.78, 5) is 4.17. The third-order valence-corrected chi connectivity index (χ3v) is 3.59. The number of hydrogen-bond acceptors (Lipinski definition) is 1. The number of para-hydroxylation sites is 1. The molecule has 0 unspecified atom stereocenters. The lowest BCUT2D eigenvalue weighted by Crippen LogP contribution is -1.98. The van der Waals surface area contributed by atoms with Crippen LogP contribution in [0.1, 0.15) is 5.56 Å². The first-order chi connectivity index (χ1) is 8.74. The molecule has 18 heavy (non-hydrogen) atoms. The maximum Gasteiger partial charge on any atom is 0.0672 e. The van der Waals surface area contributed by atoms with Crippen molar-refractivity contribution in [2.45, 2.75) is 6.54 Å². The topological polar surface area (TPSA) is 17.8 Å². The summed E-state index contributed by atoms with van der Waals surface area (Å²) in [5, 5.41) is 1.94. The molecule has 0 aliphatic carbocycles. The Morgan fingerprint density at radius 1 is 1.22 bits per heavy atom. The Kier molecular flexibility index (Phi) is 3.10. The Morgan fingerprint density at radius 2 is 2.11 bits per heavy atom. The summed E-state index contributed by atoms with van der Waals surface area (Å²) >= 11 is 9.69. The third-order valence-electron chi connectivity index (χ3n) is 2.85. The van der Waals surface area contributed by atoms with Crippen LogP contribution < -0.4 is 0 Å². The van der Waals surface area contributed by atoms with Gasteiger partial charge in [-0.1, -0.05) is 23.7 Å². The fourth-order valence-corrected chi connectivity index (χ4v) is 2.79. The molecule has 0 atom stereocenters. The molecule has 0 N–H and O–H groups in total. The summed E-state index contributed by atoms with van der Waals surface area (Å²) in [6.45, 7) is 0.764. The number of rotatable bonds is 2. The molecule has 0 bridgehead atoms. The normalized spacial score (nSPS) is 11.0. The summed E-state index contributed by atoms with van der Waals surface area (Å²) in [5.74, 6) is 0. The molecule has 0 spiro atoms. The molecule has 0 aliphatic heterocycles. The number of halogens is 2. The molecule has 0 saturated heterocycles. The average molecular weight is 322 g/mol. The number of benzene rings is 1. The quantitative estimate of drug-likeness (QED) is 0.679. The molecule has 1 aromatic carbocycles. The molecular weight excluding hydrogens is 312 g/mol. The molecule has 90 valence electrons. The van der Waals surface area contributed by atoms with Crippen LogP contribution in [0.4, 0.5) is 0 Å². The van der Waals surface area contributed by atoms with Crippen molar-refractivity contribution >= 4 is 38.4 Å². The van der Waals surface area contributed by atoms with Crippen molar-refractivity contribution in [1.29, 1.82) is 0 Å². The highest BCUT2D eigenvalue weighted by Gasteiger charge is 2.05. The van der Waals surface area contributed by atoms with E-state index >= 15 is 0 Å². The van der Waals surface area contributed by atoms with Crippen molar-refractivity contribution in [1.82, 2.24) is 9.55 Å². The van der Waals surface area contributed by atoms with Gasteiger partial charge < -0.3 is 4.57 Å². The standard InChI is InChI=1S/C14H10BrClN2/c15-12-6-10(7-17-8-12)9-18-5-4-11-2-1-3-13(16)14(11)18/h1-8H,9H2. The Morgan fingerprint density at radius 3 is 2.94 bits per heavy atom. The maximum absolute atomic E-state index is 6.26. The van der Waals surface area contributed by atoms with Gasteiger partial charge in [-0.15, -0.1) is 0 Å². The summed E-state index contributed by atoms with van der Waals surface area (Å²) < 4.78 is 3.13. The van der Waals surface area contributed by atoms with Gasteiger partial charge in [0.15, 0.2) is 0 Å². The summed E-state index contributed by atoms with van der Waals surface area (Å²) in [5.41, 5.74) is 2.21. The second kappa shape index (κ2) is 4.75. The lowest BCUT2D eigenvalue weighted by atomic mass is 10.2.